The molecule has 24 heavy (non-hydrogen) atoms. The Morgan fingerprint density at radius 3 is 2.08 bits per heavy atom. The molecule has 1 aliphatic heterocycles. The number of hydrogen-bond acceptors (Lipinski definition) is 5. The zero-order chi connectivity index (χ0) is 18.6. The Bertz CT molecular complexity index is 425. The first-order chi connectivity index (χ1) is 10.9. The molecule has 1 heterocycles. The van der Waals surface area contributed by atoms with Crippen molar-refractivity contribution in [2.75, 3.05) is 13.2 Å². The first-order valence-electron chi connectivity index (χ1n) is 9.17. The lowest BCUT2D eigenvalue weighted by atomic mass is 10.1. The third-order valence-corrected chi connectivity index (χ3v) is 11.9. The highest BCUT2D eigenvalue weighted by Crippen LogP contribution is 2.57. The van der Waals surface area contributed by atoms with Crippen molar-refractivity contribution in [3.05, 3.63) is 0 Å². The van der Waals surface area contributed by atoms with Crippen LogP contribution in [0.5, 0.6) is 0 Å². The summed E-state index contributed by atoms with van der Waals surface area (Å²) in [5.41, 5.74) is 0. The van der Waals surface area contributed by atoms with Crippen molar-refractivity contribution >= 4 is 15.9 Å². The second-order valence-electron chi connectivity index (χ2n) is 8.09. The van der Waals surface area contributed by atoms with Gasteiger partial charge in [-0.2, -0.15) is 0 Å². The zero-order valence-corrected chi connectivity index (χ0v) is 18.7. The third kappa shape index (κ3) is 5.92. The second kappa shape index (κ2) is 8.78. The Labute approximate surface area is 149 Å². The van der Waals surface area contributed by atoms with Gasteiger partial charge in [-0.15, -0.1) is 0 Å². The van der Waals surface area contributed by atoms with E-state index < -0.39 is 21.8 Å². The largest absolute Gasteiger partial charge is 0.403 e. The highest BCUT2D eigenvalue weighted by Gasteiger charge is 2.47. The van der Waals surface area contributed by atoms with E-state index in [9.17, 15) is 4.57 Å². The summed E-state index contributed by atoms with van der Waals surface area (Å²) in [6.45, 7) is 17.3. The first kappa shape index (κ1) is 22.3. The first-order valence-corrected chi connectivity index (χ1v) is 13.7. The van der Waals surface area contributed by atoms with Gasteiger partial charge in [-0.3, -0.25) is 4.57 Å². The molecule has 0 amide bonds. The average molecular weight is 381 g/mol. The minimum atomic E-state index is -3.34. The maximum atomic E-state index is 13.4. The molecule has 0 N–H and O–H groups in total. The molecule has 1 aliphatic rings. The summed E-state index contributed by atoms with van der Waals surface area (Å²) in [6, 6.07) is 0. The van der Waals surface area contributed by atoms with Crippen LogP contribution in [0.25, 0.3) is 0 Å². The fraction of sp³-hybridized carbons (Fsp3) is 1.00. The highest BCUT2D eigenvalue weighted by molar-refractivity contribution is 7.54. The van der Waals surface area contributed by atoms with Crippen molar-refractivity contribution in [2.45, 2.75) is 97.0 Å². The third-order valence-electron chi connectivity index (χ3n) is 4.99. The lowest BCUT2D eigenvalue weighted by Crippen LogP contribution is -2.45. The van der Waals surface area contributed by atoms with Crippen molar-refractivity contribution < 1.29 is 22.8 Å². The normalized spacial score (nSPS) is 24.3. The van der Waals surface area contributed by atoms with Crippen molar-refractivity contribution in [1.82, 2.24) is 0 Å². The van der Waals surface area contributed by atoms with Gasteiger partial charge in [0.25, 0.3) is 0 Å². The van der Waals surface area contributed by atoms with Crippen molar-refractivity contribution in [3.63, 3.8) is 0 Å². The summed E-state index contributed by atoms with van der Waals surface area (Å²) < 4.78 is 37.1. The van der Waals surface area contributed by atoms with Crippen molar-refractivity contribution in [3.8, 4) is 0 Å². The quantitative estimate of drug-likeness (QED) is 0.387. The van der Waals surface area contributed by atoms with Crippen LogP contribution < -0.4 is 0 Å². The van der Waals surface area contributed by atoms with Crippen LogP contribution >= 0.6 is 7.60 Å². The summed E-state index contributed by atoms with van der Waals surface area (Å²) in [5.74, 6) is -0.561. The van der Waals surface area contributed by atoms with Gasteiger partial charge < -0.3 is 18.2 Å². The molecule has 7 heteroatoms. The maximum absolute atomic E-state index is 13.4. The molecule has 0 aromatic carbocycles. The van der Waals surface area contributed by atoms with Crippen LogP contribution in [0.15, 0.2) is 0 Å². The zero-order valence-electron chi connectivity index (χ0n) is 16.8. The molecule has 1 fully saturated rings. The SMILES string of the molecule is CCOP(=O)(OCC)[C@@H](CC1CC[C@H](C)O1)O[Si](C)(C)C(C)(C)C. The lowest BCUT2D eigenvalue weighted by Gasteiger charge is -2.41. The van der Waals surface area contributed by atoms with Crippen LogP contribution in [-0.2, 0) is 22.8 Å². The molecule has 1 rings (SSSR count). The van der Waals surface area contributed by atoms with E-state index in [2.05, 4.69) is 40.8 Å². The van der Waals surface area contributed by atoms with Gasteiger partial charge in [-0.05, 0) is 51.7 Å². The molecule has 5 nitrogen and oxygen atoms in total. The van der Waals surface area contributed by atoms with Crippen LogP contribution in [-0.4, -0.2) is 39.6 Å². The summed E-state index contributed by atoms with van der Waals surface area (Å²) in [7, 11) is -5.45. The second-order valence-corrected chi connectivity index (χ2v) is 15.0. The smallest absolute Gasteiger partial charge is 0.358 e. The van der Waals surface area contributed by atoms with E-state index in [1.807, 2.05) is 13.8 Å². The van der Waals surface area contributed by atoms with E-state index in [4.69, 9.17) is 18.2 Å². The number of rotatable bonds is 9. The van der Waals surface area contributed by atoms with Gasteiger partial charge in [-0.25, -0.2) is 0 Å². The average Bonchev–Trinajstić information content (AvgIpc) is 2.82. The van der Waals surface area contributed by atoms with Gasteiger partial charge in [0.2, 0.25) is 0 Å². The van der Waals surface area contributed by atoms with Crippen molar-refractivity contribution in [1.29, 1.82) is 0 Å². The topological polar surface area (TPSA) is 54.0 Å². The fourth-order valence-corrected chi connectivity index (χ4v) is 6.66. The predicted octanol–water partition coefficient (Wildman–Crippen LogP) is 5.56. The van der Waals surface area contributed by atoms with Gasteiger partial charge >= 0.3 is 7.60 Å². The molecule has 144 valence electrons. The van der Waals surface area contributed by atoms with Gasteiger partial charge in [0.05, 0.1) is 25.4 Å². The Hall–Kier alpha value is 0.287. The molecule has 0 bridgehead atoms. The van der Waals surface area contributed by atoms with Gasteiger partial charge in [0.15, 0.2) is 8.32 Å². The Morgan fingerprint density at radius 2 is 1.71 bits per heavy atom. The molecule has 1 unspecified atom stereocenters. The monoisotopic (exact) mass is 380 g/mol. The standard InChI is InChI=1S/C17H37O5PSi/c1-9-19-23(18,20-10-2)16(13-15-12-11-14(3)21-15)22-24(7,8)17(4,5)6/h14-16H,9-13H2,1-8H3/t14-,15?,16-/m0/s1. The Morgan fingerprint density at radius 1 is 1.17 bits per heavy atom. The molecule has 1 saturated heterocycles. The summed E-state index contributed by atoms with van der Waals surface area (Å²) in [4.78, 5) is 0. The molecule has 0 aliphatic carbocycles. The molecule has 0 aromatic heterocycles. The predicted molar refractivity (Wildman–Crippen MR) is 101 cm³/mol. The molecular formula is C17H37O5PSi. The van der Waals surface area contributed by atoms with Crippen LogP contribution in [0.2, 0.25) is 18.1 Å². The Balaban J connectivity index is 3.03. The van der Waals surface area contributed by atoms with Crippen LogP contribution in [0.3, 0.4) is 0 Å². The molecule has 0 spiro atoms. The van der Waals surface area contributed by atoms with E-state index in [1.165, 1.54) is 0 Å². The molecule has 0 saturated carbocycles. The van der Waals surface area contributed by atoms with E-state index >= 15 is 0 Å². The molecule has 3 atom stereocenters. The summed E-state index contributed by atoms with van der Waals surface area (Å²) >= 11 is 0. The molecule has 0 aromatic rings. The highest BCUT2D eigenvalue weighted by atomic mass is 31.2. The lowest BCUT2D eigenvalue weighted by molar-refractivity contribution is 0.0293. The van der Waals surface area contributed by atoms with E-state index in [0.717, 1.165) is 12.8 Å². The van der Waals surface area contributed by atoms with Crippen LogP contribution in [0.1, 0.15) is 60.8 Å². The Kier molecular flexibility index (Phi) is 8.17. The van der Waals surface area contributed by atoms with Gasteiger partial charge in [0, 0.05) is 6.42 Å². The van der Waals surface area contributed by atoms with Crippen molar-refractivity contribution in [2.24, 2.45) is 0 Å². The van der Waals surface area contributed by atoms with Gasteiger partial charge in [-0.1, -0.05) is 20.8 Å². The minimum Gasteiger partial charge on any atom is -0.403 e. The number of hydrogen-bond donors (Lipinski definition) is 0. The summed E-state index contributed by atoms with van der Waals surface area (Å²) in [6.07, 6.45) is 2.88. The molecular weight excluding hydrogens is 343 g/mol. The van der Waals surface area contributed by atoms with E-state index in [-0.39, 0.29) is 17.2 Å². The van der Waals surface area contributed by atoms with Crippen LogP contribution in [0.4, 0.5) is 0 Å². The summed E-state index contributed by atoms with van der Waals surface area (Å²) in [5, 5.41) is 0.0261. The molecule has 0 radical (unpaired) electrons. The maximum Gasteiger partial charge on any atom is 0.358 e. The number of ether oxygens (including phenoxy) is 1. The van der Waals surface area contributed by atoms with Crippen LogP contribution in [0, 0.1) is 0 Å². The van der Waals surface area contributed by atoms with Gasteiger partial charge in [0.1, 0.15) is 5.85 Å². The fourth-order valence-electron chi connectivity index (χ4n) is 2.61. The minimum absolute atomic E-state index is 0.0261. The van der Waals surface area contributed by atoms with E-state index in [0.29, 0.717) is 19.6 Å². The van der Waals surface area contributed by atoms with E-state index in [1.54, 1.807) is 0 Å².